The molecule has 0 radical (unpaired) electrons. The van der Waals surface area contributed by atoms with E-state index in [1.54, 1.807) is 25.3 Å². The zero-order valence-corrected chi connectivity index (χ0v) is 17.1. The number of rotatable bonds is 7. The summed E-state index contributed by atoms with van der Waals surface area (Å²) in [6.45, 7) is 6.00. The Balaban J connectivity index is 1.71. The van der Waals surface area contributed by atoms with Gasteiger partial charge in [0, 0.05) is 28.8 Å². The Hall–Kier alpha value is -2.51. The number of carbonyl (C=O) groups is 2. The first-order valence-electron chi connectivity index (χ1n) is 8.88. The molecular weight excluding hydrogens is 381 g/mol. The van der Waals surface area contributed by atoms with Crippen molar-refractivity contribution >= 4 is 33.2 Å². The van der Waals surface area contributed by atoms with Gasteiger partial charge in [-0.3, -0.25) is 4.79 Å². The molecule has 1 aromatic carbocycles. The van der Waals surface area contributed by atoms with Crippen molar-refractivity contribution in [3.05, 3.63) is 58.0 Å². The Bertz CT molecular complexity index is 1040. The summed E-state index contributed by atoms with van der Waals surface area (Å²) in [5.74, 6) is -1.21. The third kappa shape index (κ3) is 4.00. The Labute approximate surface area is 166 Å². The quantitative estimate of drug-likeness (QED) is 0.424. The van der Waals surface area contributed by atoms with E-state index in [9.17, 15) is 14.0 Å². The van der Waals surface area contributed by atoms with E-state index in [1.807, 2.05) is 25.3 Å². The molecule has 0 N–H and O–H groups in total. The lowest BCUT2D eigenvalue weighted by atomic mass is 10.1. The fraction of sp³-hybridized carbons (Fsp3) is 0.333. The van der Waals surface area contributed by atoms with Gasteiger partial charge in [-0.2, -0.15) is 0 Å². The minimum atomic E-state index is -0.587. The summed E-state index contributed by atoms with van der Waals surface area (Å²) in [4.78, 5) is 25.2. The molecule has 7 heteroatoms. The molecule has 148 valence electrons. The molecule has 0 saturated heterocycles. The fourth-order valence-corrected chi connectivity index (χ4v) is 4.39. The maximum absolute atomic E-state index is 13.3. The summed E-state index contributed by atoms with van der Waals surface area (Å²) < 4.78 is 26.5. The molecule has 0 unspecified atom stereocenters. The number of benzene rings is 1. The number of hydrogen-bond acceptors (Lipinski definition) is 5. The van der Waals surface area contributed by atoms with Crippen LogP contribution in [0.15, 0.2) is 30.3 Å². The first kappa shape index (κ1) is 20.2. The Kier molecular flexibility index (Phi) is 5.96. The molecule has 2 aromatic heterocycles. The number of Topliss-reactive ketones (excluding diaryl/α,β-unsaturated/α-hetero) is 1. The molecule has 0 saturated carbocycles. The van der Waals surface area contributed by atoms with Crippen molar-refractivity contribution in [1.82, 2.24) is 4.57 Å². The van der Waals surface area contributed by atoms with E-state index in [0.29, 0.717) is 22.4 Å². The zero-order valence-electron chi connectivity index (χ0n) is 16.2. The number of methoxy groups -OCH3 is 1. The van der Waals surface area contributed by atoms with Crippen LogP contribution in [0.3, 0.4) is 0 Å². The topological polar surface area (TPSA) is 57.5 Å². The van der Waals surface area contributed by atoms with Gasteiger partial charge < -0.3 is 14.0 Å². The van der Waals surface area contributed by atoms with Gasteiger partial charge >= 0.3 is 5.97 Å². The van der Waals surface area contributed by atoms with Crippen molar-refractivity contribution in [1.29, 1.82) is 0 Å². The molecule has 0 amide bonds. The third-order valence-corrected chi connectivity index (χ3v) is 5.74. The largest absolute Gasteiger partial charge is 0.453 e. The van der Waals surface area contributed by atoms with Crippen LogP contribution in [-0.4, -0.2) is 36.6 Å². The number of nitrogens with zero attached hydrogens (tertiary/aromatic N) is 1. The second-order valence-electron chi connectivity index (χ2n) is 6.75. The molecule has 3 aromatic rings. The highest BCUT2D eigenvalue weighted by Crippen LogP contribution is 2.27. The average molecular weight is 403 g/mol. The first-order valence-corrected chi connectivity index (χ1v) is 9.70. The van der Waals surface area contributed by atoms with Crippen LogP contribution in [0.1, 0.15) is 44.4 Å². The monoisotopic (exact) mass is 403 g/mol. The van der Waals surface area contributed by atoms with Gasteiger partial charge in [-0.05, 0) is 56.5 Å². The molecular formula is C21H22FNO4S. The number of aryl methyl sites for hydroxylation is 1. The molecule has 2 heterocycles. The minimum absolute atomic E-state index is 0.0908. The van der Waals surface area contributed by atoms with Gasteiger partial charge in [-0.25, -0.2) is 9.18 Å². The van der Waals surface area contributed by atoms with E-state index < -0.39 is 5.97 Å². The van der Waals surface area contributed by atoms with Gasteiger partial charge in [0.25, 0.3) is 0 Å². The minimum Gasteiger partial charge on any atom is -0.453 e. The molecule has 0 bridgehead atoms. The number of ether oxygens (including phenoxy) is 2. The van der Waals surface area contributed by atoms with Gasteiger partial charge in [0.05, 0.1) is 12.6 Å². The maximum Gasteiger partial charge on any atom is 0.348 e. The number of halogens is 1. The van der Waals surface area contributed by atoms with Crippen molar-refractivity contribution < 1.29 is 23.5 Å². The van der Waals surface area contributed by atoms with Gasteiger partial charge in [0.2, 0.25) is 5.78 Å². The van der Waals surface area contributed by atoms with E-state index in [-0.39, 0.29) is 24.2 Å². The molecule has 3 rings (SSSR count). The Morgan fingerprint density at radius 1 is 1.21 bits per heavy atom. The normalized spacial score (nSPS) is 12.3. The summed E-state index contributed by atoms with van der Waals surface area (Å²) >= 11 is 1.21. The summed E-state index contributed by atoms with van der Waals surface area (Å²) in [5.41, 5.74) is 2.30. The highest BCUT2D eigenvalue weighted by Gasteiger charge is 2.21. The Morgan fingerprint density at radius 3 is 2.68 bits per heavy atom. The van der Waals surface area contributed by atoms with Crippen LogP contribution in [-0.2, 0) is 9.47 Å². The highest BCUT2D eigenvalue weighted by molar-refractivity contribution is 7.20. The predicted molar refractivity (Wildman–Crippen MR) is 107 cm³/mol. The molecule has 0 aliphatic carbocycles. The second kappa shape index (κ2) is 8.24. The van der Waals surface area contributed by atoms with Gasteiger partial charge in [-0.15, -0.1) is 11.3 Å². The number of aromatic nitrogens is 1. The zero-order chi connectivity index (χ0) is 20.4. The van der Waals surface area contributed by atoms with E-state index in [4.69, 9.17) is 9.47 Å². The van der Waals surface area contributed by atoms with Gasteiger partial charge in [0.15, 0.2) is 6.61 Å². The smallest absolute Gasteiger partial charge is 0.348 e. The molecule has 0 aliphatic heterocycles. The molecule has 1 atom stereocenters. The van der Waals surface area contributed by atoms with Crippen molar-refractivity contribution in [3.63, 3.8) is 0 Å². The van der Waals surface area contributed by atoms with Gasteiger partial charge in [-0.1, -0.05) is 0 Å². The van der Waals surface area contributed by atoms with Crippen LogP contribution in [0.25, 0.3) is 10.1 Å². The van der Waals surface area contributed by atoms with E-state index >= 15 is 0 Å². The Morgan fingerprint density at radius 2 is 1.96 bits per heavy atom. The van der Waals surface area contributed by atoms with Crippen LogP contribution in [0.5, 0.6) is 0 Å². The lowest BCUT2D eigenvalue weighted by Crippen LogP contribution is -2.16. The summed E-state index contributed by atoms with van der Waals surface area (Å²) in [7, 11) is 1.64. The van der Waals surface area contributed by atoms with E-state index in [1.165, 1.54) is 23.5 Å². The highest BCUT2D eigenvalue weighted by atomic mass is 32.1. The van der Waals surface area contributed by atoms with E-state index in [2.05, 4.69) is 0 Å². The second-order valence-corrected chi connectivity index (χ2v) is 7.84. The number of hydrogen-bond donors (Lipinski definition) is 0. The van der Waals surface area contributed by atoms with Crippen LogP contribution in [0.4, 0.5) is 4.39 Å². The molecule has 28 heavy (non-hydrogen) atoms. The number of thiophene rings is 1. The fourth-order valence-electron chi connectivity index (χ4n) is 3.45. The molecule has 0 fully saturated rings. The van der Waals surface area contributed by atoms with Crippen LogP contribution in [0, 0.1) is 19.7 Å². The van der Waals surface area contributed by atoms with E-state index in [0.717, 1.165) is 16.1 Å². The predicted octanol–water partition coefficient (Wildman–Crippen LogP) is 4.71. The van der Waals surface area contributed by atoms with Crippen molar-refractivity contribution in [3.8, 4) is 0 Å². The molecule has 5 nitrogen and oxygen atoms in total. The SMILES string of the molecule is COC[C@H](C)n1c(C)cc(C(=O)COC(=O)c2cc3cc(F)ccc3s2)c1C. The van der Waals surface area contributed by atoms with Crippen LogP contribution >= 0.6 is 11.3 Å². The lowest BCUT2D eigenvalue weighted by Gasteiger charge is -2.17. The summed E-state index contributed by atoms with van der Waals surface area (Å²) in [6, 6.07) is 7.80. The number of esters is 1. The van der Waals surface area contributed by atoms with Crippen LogP contribution in [0.2, 0.25) is 0 Å². The molecule has 0 spiro atoms. The van der Waals surface area contributed by atoms with Crippen molar-refractivity contribution in [2.75, 3.05) is 20.3 Å². The number of fused-ring (bicyclic) bond motifs is 1. The summed E-state index contributed by atoms with van der Waals surface area (Å²) in [5, 5.41) is 0.638. The average Bonchev–Trinajstić information content (AvgIpc) is 3.19. The van der Waals surface area contributed by atoms with Crippen LogP contribution < -0.4 is 0 Å². The standard InChI is InChI=1S/C21H22FNO4S/c1-12-7-17(14(3)23(12)13(2)10-26-4)18(24)11-27-21(25)20-9-15-8-16(22)5-6-19(15)28-20/h5-9,13H,10-11H2,1-4H3/t13-/m0/s1. The summed E-state index contributed by atoms with van der Waals surface area (Å²) in [6.07, 6.45) is 0. The maximum atomic E-state index is 13.3. The molecule has 0 aliphatic rings. The van der Waals surface area contributed by atoms with Crippen molar-refractivity contribution in [2.45, 2.75) is 26.8 Å². The number of ketones is 1. The van der Waals surface area contributed by atoms with Crippen molar-refractivity contribution in [2.24, 2.45) is 0 Å². The lowest BCUT2D eigenvalue weighted by molar-refractivity contribution is 0.0479. The number of carbonyl (C=O) groups excluding carboxylic acids is 2. The van der Waals surface area contributed by atoms with Gasteiger partial charge in [0.1, 0.15) is 10.7 Å². The first-order chi connectivity index (χ1) is 13.3. The third-order valence-electron chi connectivity index (χ3n) is 4.65.